The van der Waals surface area contributed by atoms with Crippen LogP contribution in [0.2, 0.25) is 5.02 Å². The number of anilines is 1. The fourth-order valence-corrected chi connectivity index (χ4v) is 3.85. The van der Waals surface area contributed by atoms with Gasteiger partial charge in [0.1, 0.15) is 18.2 Å². The summed E-state index contributed by atoms with van der Waals surface area (Å²) in [7, 11) is 0. The van der Waals surface area contributed by atoms with Gasteiger partial charge in [-0.15, -0.1) is 0 Å². The average molecular weight is 450 g/mol. The van der Waals surface area contributed by atoms with Crippen molar-refractivity contribution >= 4 is 34.0 Å². The number of nitrogens with one attached hydrogen (secondary N) is 1. The lowest BCUT2D eigenvalue weighted by Gasteiger charge is -2.17. The molecule has 32 heavy (non-hydrogen) atoms. The highest BCUT2D eigenvalue weighted by molar-refractivity contribution is 6.31. The van der Waals surface area contributed by atoms with Crippen molar-refractivity contribution in [2.45, 2.75) is 20.1 Å². The molecule has 0 radical (unpaired) electrons. The number of benzene rings is 4. The molecule has 0 aliphatic heterocycles. The number of carboxylic acids is 1. The summed E-state index contributed by atoms with van der Waals surface area (Å²) in [6, 6.07) is 21.3. The van der Waals surface area contributed by atoms with E-state index in [4.69, 9.17) is 16.3 Å². The molecule has 0 heterocycles. The van der Waals surface area contributed by atoms with Gasteiger partial charge in [-0.05, 0) is 59.7 Å². The van der Waals surface area contributed by atoms with Crippen LogP contribution < -0.4 is 10.1 Å². The van der Waals surface area contributed by atoms with E-state index in [2.05, 4.69) is 5.32 Å². The molecular formula is C26H21ClFNO3. The first kappa shape index (κ1) is 21.7. The van der Waals surface area contributed by atoms with Crippen LogP contribution in [0.4, 0.5) is 10.1 Å². The average Bonchev–Trinajstić information content (AvgIpc) is 2.78. The second-order valence-electron chi connectivity index (χ2n) is 7.44. The lowest BCUT2D eigenvalue weighted by atomic mass is 10.0. The largest absolute Gasteiger partial charge is 0.488 e. The summed E-state index contributed by atoms with van der Waals surface area (Å²) in [6.07, 6.45) is 0. The van der Waals surface area contributed by atoms with E-state index < -0.39 is 11.8 Å². The van der Waals surface area contributed by atoms with Crippen molar-refractivity contribution in [3.8, 4) is 5.75 Å². The highest BCUT2D eigenvalue weighted by atomic mass is 35.5. The third kappa shape index (κ3) is 4.53. The summed E-state index contributed by atoms with van der Waals surface area (Å²) in [5, 5.41) is 14.9. The van der Waals surface area contributed by atoms with Crippen LogP contribution in [0.3, 0.4) is 0 Å². The maximum atomic E-state index is 14.2. The number of ether oxygens (including phenoxy) is 1. The van der Waals surface area contributed by atoms with Gasteiger partial charge in [-0.25, -0.2) is 9.18 Å². The first-order chi connectivity index (χ1) is 15.4. The number of halogens is 2. The predicted molar refractivity (Wildman–Crippen MR) is 125 cm³/mol. The third-order valence-corrected chi connectivity index (χ3v) is 5.71. The summed E-state index contributed by atoms with van der Waals surface area (Å²) >= 11 is 6.15. The van der Waals surface area contributed by atoms with E-state index in [9.17, 15) is 14.3 Å². The van der Waals surface area contributed by atoms with E-state index in [1.807, 2.05) is 43.3 Å². The smallest absolute Gasteiger partial charge is 0.335 e. The van der Waals surface area contributed by atoms with Gasteiger partial charge >= 0.3 is 5.97 Å². The molecule has 0 aliphatic rings. The molecule has 4 nitrogen and oxygen atoms in total. The van der Waals surface area contributed by atoms with Gasteiger partial charge in [0, 0.05) is 23.4 Å². The zero-order valence-corrected chi connectivity index (χ0v) is 18.1. The molecule has 0 fully saturated rings. The van der Waals surface area contributed by atoms with Gasteiger partial charge in [0.15, 0.2) is 0 Å². The molecular weight excluding hydrogens is 429 g/mol. The second-order valence-corrected chi connectivity index (χ2v) is 7.85. The van der Waals surface area contributed by atoms with Crippen molar-refractivity contribution in [2.75, 3.05) is 5.32 Å². The van der Waals surface area contributed by atoms with Crippen molar-refractivity contribution in [3.05, 3.63) is 106 Å². The maximum Gasteiger partial charge on any atom is 0.335 e. The predicted octanol–water partition coefficient (Wildman–Crippen LogP) is 6.83. The Bertz CT molecular complexity index is 1290. The number of carboxylic acid groups (broad SMARTS) is 1. The Balaban J connectivity index is 1.64. The highest BCUT2D eigenvalue weighted by Gasteiger charge is 2.13. The van der Waals surface area contributed by atoms with E-state index in [-0.39, 0.29) is 12.2 Å². The van der Waals surface area contributed by atoms with E-state index in [0.29, 0.717) is 22.9 Å². The first-order valence-corrected chi connectivity index (χ1v) is 10.5. The van der Waals surface area contributed by atoms with Crippen LogP contribution in [0, 0.1) is 12.7 Å². The van der Waals surface area contributed by atoms with Crippen LogP contribution >= 0.6 is 11.6 Å². The molecule has 0 atom stereocenters. The minimum Gasteiger partial charge on any atom is -0.488 e. The summed E-state index contributed by atoms with van der Waals surface area (Å²) in [4.78, 5) is 11.2. The quantitative estimate of drug-likeness (QED) is 0.324. The van der Waals surface area contributed by atoms with Crippen LogP contribution in [-0.2, 0) is 13.2 Å². The molecule has 4 aromatic carbocycles. The summed E-state index contributed by atoms with van der Waals surface area (Å²) in [6.45, 7) is 2.30. The van der Waals surface area contributed by atoms with Gasteiger partial charge in [0.25, 0.3) is 0 Å². The number of hydrogen-bond donors (Lipinski definition) is 2. The van der Waals surface area contributed by atoms with E-state index >= 15 is 0 Å². The van der Waals surface area contributed by atoms with Gasteiger partial charge in [-0.3, -0.25) is 0 Å². The van der Waals surface area contributed by atoms with Crippen molar-refractivity contribution in [1.29, 1.82) is 0 Å². The lowest BCUT2D eigenvalue weighted by molar-refractivity contribution is 0.0697. The second kappa shape index (κ2) is 9.28. The summed E-state index contributed by atoms with van der Waals surface area (Å²) in [5.74, 6) is -0.751. The molecule has 162 valence electrons. The SMILES string of the molecule is Cc1cc(C(=O)O)ccc1NCc1c(OCc2c(F)cccc2Cl)ccc2ccccc12. The third-order valence-electron chi connectivity index (χ3n) is 5.36. The zero-order valence-electron chi connectivity index (χ0n) is 17.4. The number of fused-ring (bicyclic) bond motifs is 1. The molecule has 4 aromatic rings. The monoisotopic (exact) mass is 449 g/mol. The van der Waals surface area contributed by atoms with Gasteiger partial charge in [0.2, 0.25) is 0 Å². The van der Waals surface area contributed by atoms with E-state index in [1.54, 1.807) is 30.3 Å². The Labute approximate surface area is 190 Å². The Hall–Kier alpha value is -3.57. The standard InChI is InChI=1S/C26H21ClFNO3/c1-16-13-18(26(30)31)9-11-24(16)29-14-20-19-6-3-2-5-17(19)10-12-25(20)32-15-21-22(27)7-4-8-23(21)28/h2-13,29H,14-15H2,1H3,(H,30,31). The van der Waals surface area contributed by atoms with Crippen molar-refractivity contribution in [1.82, 2.24) is 0 Å². The van der Waals surface area contributed by atoms with Gasteiger partial charge < -0.3 is 15.2 Å². The van der Waals surface area contributed by atoms with Crippen molar-refractivity contribution < 1.29 is 19.0 Å². The molecule has 4 rings (SSSR count). The number of aromatic carboxylic acids is 1. The Morgan fingerprint density at radius 3 is 2.59 bits per heavy atom. The van der Waals surface area contributed by atoms with Gasteiger partial charge in [-0.2, -0.15) is 0 Å². The van der Waals surface area contributed by atoms with E-state index in [0.717, 1.165) is 27.6 Å². The van der Waals surface area contributed by atoms with E-state index in [1.165, 1.54) is 6.07 Å². The normalized spacial score (nSPS) is 10.8. The molecule has 0 unspecified atom stereocenters. The summed E-state index contributed by atoms with van der Waals surface area (Å²) in [5.41, 5.74) is 3.11. The first-order valence-electron chi connectivity index (χ1n) is 10.1. The lowest BCUT2D eigenvalue weighted by Crippen LogP contribution is -2.07. The van der Waals surface area contributed by atoms with Crippen LogP contribution in [0.25, 0.3) is 10.8 Å². The van der Waals surface area contributed by atoms with Crippen LogP contribution in [0.15, 0.2) is 72.8 Å². The number of carbonyl (C=O) groups is 1. The summed E-state index contributed by atoms with van der Waals surface area (Å²) < 4.78 is 20.2. The molecule has 0 spiro atoms. The Morgan fingerprint density at radius 2 is 1.84 bits per heavy atom. The van der Waals surface area contributed by atoms with Crippen LogP contribution in [-0.4, -0.2) is 11.1 Å². The Morgan fingerprint density at radius 1 is 1.03 bits per heavy atom. The minimum absolute atomic E-state index is 0.00316. The van der Waals surface area contributed by atoms with Crippen LogP contribution in [0.1, 0.15) is 27.0 Å². The van der Waals surface area contributed by atoms with Gasteiger partial charge in [-0.1, -0.05) is 48.0 Å². The van der Waals surface area contributed by atoms with Crippen LogP contribution in [0.5, 0.6) is 5.75 Å². The molecule has 0 aromatic heterocycles. The molecule has 6 heteroatoms. The molecule has 0 amide bonds. The molecule has 0 saturated heterocycles. The van der Waals surface area contributed by atoms with Crippen molar-refractivity contribution in [2.24, 2.45) is 0 Å². The molecule has 0 saturated carbocycles. The molecule has 0 bridgehead atoms. The molecule has 2 N–H and O–H groups in total. The Kier molecular flexibility index (Phi) is 6.28. The van der Waals surface area contributed by atoms with Crippen molar-refractivity contribution in [3.63, 3.8) is 0 Å². The number of hydrogen-bond acceptors (Lipinski definition) is 3. The minimum atomic E-state index is -0.962. The zero-order chi connectivity index (χ0) is 22.7. The number of rotatable bonds is 7. The highest BCUT2D eigenvalue weighted by Crippen LogP contribution is 2.31. The fourth-order valence-electron chi connectivity index (χ4n) is 3.63. The van der Waals surface area contributed by atoms with Gasteiger partial charge in [0.05, 0.1) is 10.6 Å². The maximum absolute atomic E-state index is 14.2. The number of aryl methyl sites for hydroxylation is 1. The fraction of sp³-hybridized carbons (Fsp3) is 0.115. The molecule has 0 aliphatic carbocycles. The topological polar surface area (TPSA) is 58.6 Å².